The number of rotatable bonds is 5. The molecule has 29 heavy (non-hydrogen) atoms. The van der Waals surface area contributed by atoms with E-state index in [1.807, 2.05) is 0 Å². The van der Waals surface area contributed by atoms with Crippen LogP contribution in [0, 0.1) is 9.49 Å². The van der Waals surface area contributed by atoms with Gasteiger partial charge in [-0.05, 0) is 0 Å². The molecule has 0 bridgehead atoms. The van der Waals surface area contributed by atoms with Crippen molar-refractivity contribution in [1.29, 1.82) is 0 Å². The second-order valence-electron chi connectivity index (χ2n) is 6.77. The summed E-state index contributed by atoms with van der Waals surface area (Å²) < 4.78 is 63.3. The van der Waals surface area contributed by atoms with Gasteiger partial charge in [-0.2, -0.15) is 0 Å². The van der Waals surface area contributed by atoms with Crippen molar-refractivity contribution in [2.24, 2.45) is 5.92 Å². The number of carbonyl (C=O) groups is 1. The van der Waals surface area contributed by atoms with Gasteiger partial charge < -0.3 is 5.48 Å². The Labute approximate surface area is 192 Å². The monoisotopic (exact) mass is 563 g/mol. The minimum Gasteiger partial charge on any atom is -0.870 e. The zero-order chi connectivity index (χ0) is 20.4. The van der Waals surface area contributed by atoms with E-state index in [2.05, 4.69) is 0 Å². The average Bonchev–Trinajstić information content (AvgIpc) is 2.59. The van der Waals surface area contributed by atoms with E-state index < -0.39 is 56.3 Å². The maximum atomic E-state index is 13.2. The Balaban J connectivity index is 0.00000392. The molecule has 0 amide bonds. The van der Waals surface area contributed by atoms with E-state index in [4.69, 9.17) is 13.6 Å². The molecule has 1 saturated carbocycles. The fraction of sp³-hybridized carbons (Fsp3) is 0.588. The number of ether oxygens (including phenoxy) is 1. The van der Waals surface area contributed by atoms with Crippen molar-refractivity contribution in [2.45, 2.75) is 54.6 Å². The van der Waals surface area contributed by atoms with Gasteiger partial charge in [-0.15, -0.1) is 0 Å². The molecule has 0 saturated heterocycles. The van der Waals surface area contributed by atoms with Crippen molar-refractivity contribution in [2.75, 3.05) is 0 Å². The summed E-state index contributed by atoms with van der Waals surface area (Å²) in [6.45, 7) is 2.99. The molecule has 0 aliphatic heterocycles. The normalized spacial score (nSPS) is 20.3. The third-order valence-corrected chi connectivity index (χ3v) is 10.7. The molecule has 2 atom stereocenters. The summed E-state index contributed by atoms with van der Waals surface area (Å²) in [4.78, 5) is 12.6. The van der Waals surface area contributed by atoms with Gasteiger partial charge in [0.05, 0.1) is 0 Å². The van der Waals surface area contributed by atoms with E-state index in [-0.39, 0.29) is 33.5 Å². The SMILES string of the molecule is CC(C)(OC(=O)C1CCCCC1[S-](=O)=O)c1ccccc1I(Cl)C(F)(F)F.[Li+].[OH-]. The summed E-state index contributed by atoms with van der Waals surface area (Å²) in [5.41, 5.74) is -1.16. The average molecular weight is 564 g/mol. The van der Waals surface area contributed by atoms with Gasteiger partial charge in [-0.3, -0.25) is 0 Å². The molecule has 5 nitrogen and oxygen atoms in total. The van der Waals surface area contributed by atoms with E-state index >= 15 is 0 Å². The largest absolute Gasteiger partial charge is 1.00 e. The molecular formula is C17H21ClF3ILiO5S-. The van der Waals surface area contributed by atoms with E-state index in [0.717, 1.165) is 0 Å². The second kappa shape index (κ2) is 11.6. The quantitative estimate of drug-likeness (QED) is 0.181. The molecule has 1 fully saturated rings. The first-order valence-corrected chi connectivity index (χ1v) is 14.3. The molecule has 1 N–H and O–H groups in total. The van der Waals surface area contributed by atoms with Gasteiger partial charge in [0.2, 0.25) is 0 Å². The zero-order valence-corrected chi connectivity index (χ0v) is 19.9. The third kappa shape index (κ3) is 7.28. The zero-order valence-electron chi connectivity index (χ0n) is 16.2. The van der Waals surface area contributed by atoms with Crippen molar-refractivity contribution >= 4 is 44.3 Å². The molecule has 1 aromatic carbocycles. The van der Waals surface area contributed by atoms with Crippen LogP contribution in [-0.2, 0) is 34.3 Å². The molecule has 1 aliphatic rings. The number of hydrogen-bond acceptors (Lipinski definition) is 6. The van der Waals surface area contributed by atoms with Crippen molar-refractivity contribution < 1.29 is 55.5 Å². The number of halogens is 5. The smallest absolute Gasteiger partial charge is 0.870 e. The Kier molecular flexibility index (Phi) is 11.6. The molecule has 0 radical (unpaired) electrons. The van der Waals surface area contributed by atoms with E-state index in [0.29, 0.717) is 25.7 Å². The van der Waals surface area contributed by atoms with Gasteiger partial charge in [0.15, 0.2) is 0 Å². The van der Waals surface area contributed by atoms with Gasteiger partial charge in [-0.25, -0.2) is 0 Å². The Hall–Kier alpha value is 0.00740. The molecule has 1 aromatic rings. The molecule has 12 heteroatoms. The van der Waals surface area contributed by atoms with Crippen molar-refractivity contribution in [3.63, 3.8) is 0 Å². The second-order valence-corrected chi connectivity index (χ2v) is 13.6. The minimum absolute atomic E-state index is 0. The number of alkyl halides is 4. The fourth-order valence-electron chi connectivity index (χ4n) is 3.19. The maximum absolute atomic E-state index is 13.2. The van der Waals surface area contributed by atoms with Gasteiger partial charge >= 0.3 is 188 Å². The number of carbonyl (C=O) groups excluding carboxylic acids is 1. The third-order valence-electron chi connectivity index (χ3n) is 4.50. The van der Waals surface area contributed by atoms with Crippen LogP contribution in [0.2, 0.25) is 0 Å². The van der Waals surface area contributed by atoms with Crippen LogP contribution in [0.4, 0.5) is 13.2 Å². The summed E-state index contributed by atoms with van der Waals surface area (Å²) >= 11 is -4.01. The molecular weight excluding hydrogens is 543 g/mol. The Morgan fingerprint density at radius 1 is 1.17 bits per heavy atom. The van der Waals surface area contributed by atoms with Crippen molar-refractivity contribution in [3.8, 4) is 0 Å². The van der Waals surface area contributed by atoms with Crippen molar-refractivity contribution in [1.82, 2.24) is 0 Å². The van der Waals surface area contributed by atoms with Crippen LogP contribution in [0.1, 0.15) is 45.1 Å². The van der Waals surface area contributed by atoms with E-state index in [1.165, 1.54) is 32.0 Å². The van der Waals surface area contributed by atoms with Crippen LogP contribution >= 0.6 is 27.6 Å². The maximum Gasteiger partial charge on any atom is 1.00 e. The first-order valence-electron chi connectivity index (χ1n) is 8.29. The molecule has 2 rings (SSSR count). The standard InChI is InChI=1S/C17H20ClF3IO4S.Li.H2O/c1-16(2,12-8-4-5-9-13(12)22(18)17(19,20)21)26-15(23)11-7-3-6-10-14(11)27(24)25;;/h4-5,8-9,11,14H,3,6-7,10H2,1-2H3;;1H2/q-1;+1;/p-1. The fourth-order valence-corrected chi connectivity index (χ4v) is 7.42. The van der Waals surface area contributed by atoms with Crippen LogP contribution in [0.25, 0.3) is 0 Å². The first kappa shape index (κ1) is 29.0. The van der Waals surface area contributed by atoms with E-state index in [9.17, 15) is 26.4 Å². The van der Waals surface area contributed by atoms with Crippen LogP contribution in [0.3, 0.4) is 0 Å². The predicted octanol–water partition coefficient (Wildman–Crippen LogP) is 2.51. The summed E-state index contributed by atoms with van der Waals surface area (Å²) in [7, 11) is 3.34. The predicted molar refractivity (Wildman–Crippen MR) is 107 cm³/mol. The minimum atomic E-state index is -4.50. The molecule has 0 heterocycles. The van der Waals surface area contributed by atoms with Crippen LogP contribution in [0.5, 0.6) is 0 Å². The van der Waals surface area contributed by atoms with Crippen molar-refractivity contribution in [3.05, 3.63) is 33.4 Å². The summed E-state index contributed by atoms with van der Waals surface area (Å²) in [6, 6.07) is 5.80. The van der Waals surface area contributed by atoms with Crippen LogP contribution in [0.15, 0.2) is 24.3 Å². The topological polar surface area (TPSA) is 90.4 Å². The van der Waals surface area contributed by atoms with Crippen LogP contribution < -0.4 is 18.9 Å². The molecule has 1 aliphatic carbocycles. The Morgan fingerprint density at radius 3 is 2.28 bits per heavy atom. The molecule has 0 spiro atoms. The van der Waals surface area contributed by atoms with Crippen LogP contribution in [-0.4, -0.2) is 20.9 Å². The van der Waals surface area contributed by atoms with Gasteiger partial charge in [0, 0.05) is 0 Å². The van der Waals surface area contributed by atoms with E-state index in [1.54, 1.807) is 6.07 Å². The molecule has 0 aromatic heterocycles. The number of benzene rings is 1. The number of hydrogen-bond donors (Lipinski definition) is 0. The molecule has 162 valence electrons. The molecule has 2 unspecified atom stereocenters. The Bertz CT molecular complexity index is 768. The first-order chi connectivity index (χ1) is 12.4. The van der Waals surface area contributed by atoms with Gasteiger partial charge in [-0.1, -0.05) is 0 Å². The van der Waals surface area contributed by atoms with Gasteiger partial charge in [0.25, 0.3) is 0 Å². The summed E-state index contributed by atoms with van der Waals surface area (Å²) in [5, 5.41) is -0.830. The summed E-state index contributed by atoms with van der Waals surface area (Å²) in [6.07, 6.45) is 2.17. The van der Waals surface area contributed by atoms with Gasteiger partial charge in [0.1, 0.15) is 0 Å². The summed E-state index contributed by atoms with van der Waals surface area (Å²) in [5.74, 6) is -1.51. The Morgan fingerprint density at radius 2 is 1.72 bits per heavy atom. The number of esters is 1.